The first-order valence-electron chi connectivity index (χ1n) is 8.83. The van der Waals surface area contributed by atoms with E-state index in [1.807, 2.05) is 24.3 Å². The van der Waals surface area contributed by atoms with Gasteiger partial charge in [-0.3, -0.25) is 4.79 Å². The Morgan fingerprint density at radius 3 is 2.63 bits per heavy atom. The van der Waals surface area contributed by atoms with E-state index in [-0.39, 0.29) is 23.5 Å². The summed E-state index contributed by atoms with van der Waals surface area (Å²) in [6.07, 6.45) is 1.74. The highest BCUT2D eigenvalue weighted by molar-refractivity contribution is 5.93. The molecule has 1 unspecified atom stereocenters. The molecule has 0 radical (unpaired) electrons. The Labute approximate surface area is 156 Å². The summed E-state index contributed by atoms with van der Waals surface area (Å²) in [5.74, 6) is 0.468. The van der Waals surface area contributed by atoms with Crippen LogP contribution < -0.4 is 4.74 Å². The molecule has 2 heterocycles. The molecule has 1 amide bonds. The number of ether oxygens (including phenoxy) is 1. The van der Waals surface area contributed by atoms with Crippen molar-refractivity contribution in [1.82, 2.24) is 10.1 Å². The molecule has 2 aromatic carbocycles. The van der Waals surface area contributed by atoms with E-state index in [1.54, 1.807) is 30.2 Å². The van der Waals surface area contributed by atoms with E-state index in [0.717, 1.165) is 29.7 Å². The van der Waals surface area contributed by atoms with E-state index < -0.39 is 0 Å². The SMILES string of the molecule is COc1ccc(-c2cc(C(=O)N3CCCC3c3ccc(F)cc3)on2)cc1. The molecule has 0 aliphatic carbocycles. The average Bonchev–Trinajstić information content (AvgIpc) is 3.38. The predicted octanol–water partition coefficient (Wildman–Crippen LogP) is 4.47. The Morgan fingerprint density at radius 2 is 1.93 bits per heavy atom. The molecular weight excluding hydrogens is 347 g/mol. The lowest BCUT2D eigenvalue weighted by Gasteiger charge is -2.23. The number of carbonyl (C=O) groups excluding carboxylic acids is 1. The zero-order valence-electron chi connectivity index (χ0n) is 14.9. The van der Waals surface area contributed by atoms with Crippen LogP contribution in [-0.4, -0.2) is 29.6 Å². The topological polar surface area (TPSA) is 55.6 Å². The van der Waals surface area contributed by atoms with Crippen LogP contribution in [0.5, 0.6) is 5.75 Å². The van der Waals surface area contributed by atoms with E-state index >= 15 is 0 Å². The number of amides is 1. The lowest BCUT2D eigenvalue weighted by Crippen LogP contribution is -2.30. The van der Waals surface area contributed by atoms with Gasteiger partial charge in [0.15, 0.2) is 0 Å². The number of aromatic nitrogens is 1. The van der Waals surface area contributed by atoms with Crippen molar-refractivity contribution in [2.24, 2.45) is 0 Å². The number of nitrogens with zero attached hydrogens (tertiary/aromatic N) is 2. The van der Waals surface area contributed by atoms with Gasteiger partial charge in [-0.2, -0.15) is 0 Å². The maximum atomic E-state index is 13.2. The van der Waals surface area contributed by atoms with E-state index in [1.165, 1.54) is 12.1 Å². The highest BCUT2D eigenvalue weighted by Crippen LogP contribution is 2.33. The van der Waals surface area contributed by atoms with Crippen LogP contribution in [-0.2, 0) is 0 Å². The second kappa shape index (κ2) is 7.23. The minimum Gasteiger partial charge on any atom is -0.497 e. The number of methoxy groups -OCH3 is 1. The molecule has 1 aliphatic heterocycles. The molecule has 1 aromatic heterocycles. The second-order valence-electron chi connectivity index (χ2n) is 6.51. The van der Waals surface area contributed by atoms with Gasteiger partial charge in [-0.05, 0) is 54.8 Å². The number of halogens is 1. The quantitative estimate of drug-likeness (QED) is 0.684. The predicted molar refractivity (Wildman–Crippen MR) is 97.9 cm³/mol. The van der Waals surface area contributed by atoms with Crippen LogP contribution in [0.25, 0.3) is 11.3 Å². The first-order chi connectivity index (χ1) is 13.2. The Hall–Kier alpha value is -3.15. The molecule has 0 N–H and O–H groups in total. The van der Waals surface area contributed by atoms with Crippen LogP contribution in [0.1, 0.15) is 35.0 Å². The first kappa shape index (κ1) is 17.3. The van der Waals surface area contributed by atoms with Crippen LogP contribution in [0.2, 0.25) is 0 Å². The molecule has 1 atom stereocenters. The Balaban J connectivity index is 1.55. The van der Waals surface area contributed by atoms with Gasteiger partial charge >= 0.3 is 0 Å². The zero-order valence-corrected chi connectivity index (χ0v) is 14.9. The maximum absolute atomic E-state index is 13.2. The van der Waals surface area contributed by atoms with Crippen LogP contribution in [0, 0.1) is 5.82 Å². The van der Waals surface area contributed by atoms with E-state index in [2.05, 4.69) is 5.16 Å². The molecule has 0 bridgehead atoms. The third-order valence-electron chi connectivity index (χ3n) is 4.88. The number of carbonyl (C=O) groups is 1. The van der Waals surface area contributed by atoms with Gasteiger partial charge in [-0.15, -0.1) is 0 Å². The molecule has 3 aromatic rings. The molecule has 138 valence electrons. The van der Waals surface area contributed by atoms with Crippen molar-refractivity contribution in [3.05, 3.63) is 71.7 Å². The first-order valence-corrected chi connectivity index (χ1v) is 8.83. The maximum Gasteiger partial charge on any atom is 0.292 e. The van der Waals surface area contributed by atoms with E-state index in [4.69, 9.17) is 9.26 Å². The summed E-state index contributed by atoms with van der Waals surface area (Å²) in [7, 11) is 1.61. The van der Waals surface area contributed by atoms with Crippen molar-refractivity contribution in [2.45, 2.75) is 18.9 Å². The standard InChI is InChI=1S/C21H19FN2O3/c1-26-17-10-6-14(7-11-17)18-13-20(27-23-18)21(25)24-12-2-3-19(24)15-4-8-16(22)9-5-15/h4-11,13,19H,2-3,12H2,1H3. The summed E-state index contributed by atoms with van der Waals surface area (Å²) < 4.78 is 23.7. The Bertz CT molecular complexity index is 935. The molecule has 6 heteroatoms. The van der Waals surface area contributed by atoms with Crippen molar-refractivity contribution in [2.75, 3.05) is 13.7 Å². The average molecular weight is 366 g/mol. The van der Waals surface area contributed by atoms with Crippen molar-refractivity contribution in [3.63, 3.8) is 0 Å². The Kier molecular flexibility index (Phi) is 4.62. The van der Waals surface area contributed by atoms with Crippen LogP contribution in [0.3, 0.4) is 0 Å². The summed E-state index contributed by atoms with van der Waals surface area (Å²) >= 11 is 0. The summed E-state index contributed by atoms with van der Waals surface area (Å²) in [6.45, 7) is 0.638. The highest BCUT2D eigenvalue weighted by Gasteiger charge is 2.32. The summed E-state index contributed by atoms with van der Waals surface area (Å²) in [4.78, 5) is 14.7. The van der Waals surface area contributed by atoms with Crippen LogP contribution >= 0.6 is 0 Å². The summed E-state index contributed by atoms with van der Waals surface area (Å²) in [6, 6.07) is 15.3. The monoisotopic (exact) mass is 366 g/mol. The molecule has 0 saturated carbocycles. The normalized spacial score (nSPS) is 16.5. The lowest BCUT2D eigenvalue weighted by molar-refractivity contribution is 0.0693. The molecule has 1 fully saturated rings. The summed E-state index contributed by atoms with van der Waals surface area (Å²) in [5.41, 5.74) is 2.37. The van der Waals surface area contributed by atoms with Crippen molar-refractivity contribution < 1.29 is 18.4 Å². The van der Waals surface area contributed by atoms with E-state index in [0.29, 0.717) is 12.2 Å². The van der Waals surface area contributed by atoms with Gasteiger partial charge in [0.25, 0.3) is 5.91 Å². The number of benzene rings is 2. The number of likely N-dealkylation sites (tertiary alicyclic amines) is 1. The fourth-order valence-corrected chi connectivity index (χ4v) is 3.46. The van der Waals surface area contributed by atoms with Crippen molar-refractivity contribution in [1.29, 1.82) is 0 Å². The number of rotatable bonds is 4. The molecule has 5 nitrogen and oxygen atoms in total. The number of hydrogen-bond donors (Lipinski definition) is 0. The van der Waals surface area contributed by atoms with Crippen molar-refractivity contribution >= 4 is 5.91 Å². The second-order valence-corrected chi connectivity index (χ2v) is 6.51. The molecule has 1 aliphatic rings. The smallest absolute Gasteiger partial charge is 0.292 e. The number of hydrogen-bond acceptors (Lipinski definition) is 4. The van der Waals surface area contributed by atoms with Gasteiger partial charge in [0.2, 0.25) is 5.76 Å². The Morgan fingerprint density at radius 1 is 1.19 bits per heavy atom. The molecule has 0 spiro atoms. The van der Waals surface area contributed by atoms with E-state index in [9.17, 15) is 9.18 Å². The third-order valence-corrected chi connectivity index (χ3v) is 4.88. The molecule has 1 saturated heterocycles. The fourth-order valence-electron chi connectivity index (χ4n) is 3.46. The summed E-state index contributed by atoms with van der Waals surface area (Å²) in [5, 5.41) is 4.03. The lowest BCUT2D eigenvalue weighted by atomic mass is 10.0. The molecule has 27 heavy (non-hydrogen) atoms. The van der Waals surface area contributed by atoms with Gasteiger partial charge in [0, 0.05) is 18.2 Å². The van der Waals surface area contributed by atoms with Crippen LogP contribution in [0.15, 0.2) is 59.1 Å². The van der Waals surface area contributed by atoms with Gasteiger partial charge < -0.3 is 14.2 Å². The third kappa shape index (κ3) is 3.43. The largest absolute Gasteiger partial charge is 0.497 e. The minimum atomic E-state index is -0.283. The van der Waals surface area contributed by atoms with Gasteiger partial charge in [-0.1, -0.05) is 17.3 Å². The minimum absolute atomic E-state index is 0.0763. The molecular formula is C21H19FN2O3. The van der Waals surface area contributed by atoms with Gasteiger partial charge in [0.05, 0.1) is 13.2 Å². The van der Waals surface area contributed by atoms with Crippen LogP contribution in [0.4, 0.5) is 4.39 Å². The molecule has 4 rings (SSSR count). The highest BCUT2D eigenvalue weighted by atomic mass is 19.1. The van der Waals surface area contributed by atoms with Gasteiger partial charge in [0.1, 0.15) is 17.3 Å². The zero-order chi connectivity index (χ0) is 18.8. The fraction of sp³-hybridized carbons (Fsp3) is 0.238. The van der Waals surface area contributed by atoms with Gasteiger partial charge in [-0.25, -0.2) is 4.39 Å². The van der Waals surface area contributed by atoms with Crippen molar-refractivity contribution in [3.8, 4) is 17.0 Å².